The molecule has 1 rings (SSSR count). The molecule has 5 heteroatoms. The maximum Gasteiger partial charge on any atom is 0.411 e. The molecule has 0 atom stereocenters. The van der Waals surface area contributed by atoms with E-state index in [4.69, 9.17) is 9.47 Å². The van der Waals surface area contributed by atoms with E-state index in [-0.39, 0.29) is 12.6 Å². The van der Waals surface area contributed by atoms with Gasteiger partial charge >= 0.3 is 12.1 Å². The van der Waals surface area contributed by atoms with Gasteiger partial charge in [0, 0.05) is 5.69 Å². The summed E-state index contributed by atoms with van der Waals surface area (Å²) in [6.07, 6.45) is 2.98. The van der Waals surface area contributed by atoms with Crippen molar-refractivity contribution in [1.82, 2.24) is 0 Å². The van der Waals surface area contributed by atoms with Crippen LogP contribution in [0.25, 0.3) is 0 Å². The highest BCUT2D eigenvalue weighted by molar-refractivity contribution is 5.91. The largest absolute Gasteiger partial charge is 0.462 e. The van der Waals surface area contributed by atoms with E-state index >= 15 is 0 Å². The fourth-order valence-corrected chi connectivity index (χ4v) is 1.28. The van der Waals surface area contributed by atoms with Gasteiger partial charge < -0.3 is 9.47 Å². The van der Waals surface area contributed by atoms with Gasteiger partial charge in [-0.2, -0.15) is 0 Å². The van der Waals surface area contributed by atoms with Crippen LogP contribution in [0.5, 0.6) is 0 Å². The normalized spacial score (nSPS) is 10.2. The Labute approximate surface area is 112 Å². The zero-order valence-corrected chi connectivity index (χ0v) is 11.0. The van der Waals surface area contributed by atoms with Crippen molar-refractivity contribution in [2.75, 3.05) is 18.5 Å². The Morgan fingerprint density at radius 2 is 1.89 bits per heavy atom. The smallest absolute Gasteiger partial charge is 0.411 e. The maximum absolute atomic E-state index is 11.4. The number of carbonyl (C=O) groups excluding carboxylic acids is 2. The predicted molar refractivity (Wildman–Crippen MR) is 72.2 cm³/mol. The van der Waals surface area contributed by atoms with E-state index in [1.54, 1.807) is 43.3 Å². The van der Waals surface area contributed by atoms with Gasteiger partial charge in [0.05, 0.1) is 12.2 Å². The molecule has 0 aromatic heterocycles. The van der Waals surface area contributed by atoms with Gasteiger partial charge in [-0.3, -0.25) is 5.32 Å². The van der Waals surface area contributed by atoms with Crippen LogP contribution in [0.3, 0.4) is 0 Å². The van der Waals surface area contributed by atoms with Gasteiger partial charge in [0.1, 0.15) is 6.61 Å². The molecular formula is C14H17NO4. The van der Waals surface area contributed by atoms with Crippen molar-refractivity contribution >= 4 is 17.7 Å². The first kappa shape index (κ1) is 14.8. The van der Waals surface area contributed by atoms with Crippen molar-refractivity contribution in [3.8, 4) is 0 Å². The molecule has 0 unspecified atom stereocenters. The highest BCUT2D eigenvalue weighted by Crippen LogP contribution is 2.10. The molecule has 102 valence electrons. The molecule has 0 saturated carbocycles. The number of amides is 1. The molecule has 1 aromatic carbocycles. The van der Waals surface area contributed by atoms with Crippen molar-refractivity contribution in [1.29, 1.82) is 0 Å². The molecule has 0 aliphatic carbocycles. The summed E-state index contributed by atoms with van der Waals surface area (Å²) in [4.78, 5) is 22.8. The molecule has 0 bridgehead atoms. The molecule has 5 nitrogen and oxygen atoms in total. The van der Waals surface area contributed by atoms with Crippen LogP contribution < -0.4 is 5.32 Å². The molecule has 0 aliphatic rings. The molecule has 0 heterocycles. The molecule has 0 fully saturated rings. The van der Waals surface area contributed by atoms with E-state index < -0.39 is 6.09 Å². The zero-order valence-electron chi connectivity index (χ0n) is 11.0. The summed E-state index contributed by atoms with van der Waals surface area (Å²) in [7, 11) is 0. The van der Waals surface area contributed by atoms with Gasteiger partial charge in [0.15, 0.2) is 0 Å². The number of carbonyl (C=O) groups is 2. The SMILES string of the molecule is C/C=C/COC(=O)Nc1ccc(C(=O)OCC)cc1. The third-order valence-corrected chi connectivity index (χ3v) is 2.19. The number of nitrogens with one attached hydrogen (secondary N) is 1. The van der Waals surface area contributed by atoms with Crippen molar-refractivity contribution in [3.05, 3.63) is 42.0 Å². The first-order valence-electron chi connectivity index (χ1n) is 5.99. The minimum absolute atomic E-state index is 0.225. The summed E-state index contributed by atoms with van der Waals surface area (Å²) in [5, 5.41) is 2.55. The Bertz CT molecular complexity index is 451. The average molecular weight is 263 g/mol. The Morgan fingerprint density at radius 3 is 2.47 bits per heavy atom. The highest BCUT2D eigenvalue weighted by atomic mass is 16.5. The van der Waals surface area contributed by atoms with Crippen LogP contribution >= 0.6 is 0 Å². The van der Waals surface area contributed by atoms with E-state index in [2.05, 4.69) is 5.32 Å². The Hall–Kier alpha value is -2.30. The van der Waals surface area contributed by atoms with Gasteiger partial charge in [-0.1, -0.05) is 12.2 Å². The first-order valence-corrected chi connectivity index (χ1v) is 5.99. The number of hydrogen-bond acceptors (Lipinski definition) is 4. The number of rotatable bonds is 5. The Kier molecular flexibility index (Phi) is 6.15. The van der Waals surface area contributed by atoms with Crippen molar-refractivity contribution in [3.63, 3.8) is 0 Å². The number of allylic oxidation sites excluding steroid dienone is 1. The number of benzene rings is 1. The second-order valence-corrected chi connectivity index (χ2v) is 3.59. The first-order chi connectivity index (χ1) is 9.17. The lowest BCUT2D eigenvalue weighted by Crippen LogP contribution is -2.13. The van der Waals surface area contributed by atoms with Crippen LogP contribution in [0.2, 0.25) is 0 Å². The third-order valence-electron chi connectivity index (χ3n) is 2.19. The molecule has 0 aliphatic heterocycles. The van der Waals surface area contributed by atoms with E-state index in [1.165, 1.54) is 0 Å². The maximum atomic E-state index is 11.4. The molecule has 19 heavy (non-hydrogen) atoms. The lowest BCUT2D eigenvalue weighted by Gasteiger charge is -2.06. The van der Waals surface area contributed by atoms with Crippen LogP contribution in [-0.2, 0) is 9.47 Å². The van der Waals surface area contributed by atoms with Gasteiger partial charge in [-0.25, -0.2) is 9.59 Å². The summed E-state index contributed by atoms with van der Waals surface area (Å²) >= 11 is 0. The highest BCUT2D eigenvalue weighted by Gasteiger charge is 2.07. The van der Waals surface area contributed by atoms with Crippen molar-refractivity contribution in [2.24, 2.45) is 0 Å². The molecular weight excluding hydrogens is 246 g/mol. The quantitative estimate of drug-likeness (QED) is 0.655. The fourth-order valence-electron chi connectivity index (χ4n) is 1.28. The van der Waals surface area contributed by atoms with Crippen LogP contribution in [0.4, 0.5) is 10.5 Å². The summed E-state index contributed by atoms with van der Waals surface area (Å²) in [6, 6.07) is 6.39. The van der Waals surface area contributed by atoms with E-state index in [0.29, 0.717) is 17.9 Å². The van der Waals surface area contributed by atoms with Crippen LogP contribution in [-0.4, -0.2) is 25.3 Å². The van der Waals surface area contributed by atoms with Crippen molar-refractivity contribution in [2.45, 2.75) is 13.8 Å². The average Bonchev–Trinajstić information content (AvgIpc) is 2.40. The van der Waals surface area contributed by atoms with Gasteiger partial charge in [0.2, 0.25) is 0 Å². The Balaban J connectivity index is 2.52. The number of anilines is 1. The molecule has 0 radical (unpaired) electrons. The molecule has 0 saturated heterocycles. The molecule has 0 spiro atoms. The molecule has 1 N–H and O–H groups in total. The number of hydrogen-bond donors (Lipinski definition) is 1. The second kappa shape index (κ2) is 7.92. The van der Waals surface area contributed by atoms with Gasteiger partial charge in [0.25, 0.3) is 0 Å². The standard InChI is InChI=1S/C14H17NO4/c1-3-5-10-19-14(17)15-12-8-6-11(7-9-12)13(16)18-4-2/h3,5-9H,4,10H2,1-2H3,(H,15,17)/b5-3+. The van der Waals surface area contributed by atoms with Crippen LogP contribution in [0, 0.1) is 0 Å². The Morgan fingerprint density at radius 1 is 1.21 bits per heavy atom. The fraction of sp³-hybridized carbons (Fsp3) is 0.286. The summed E-state index contributed by atoms with van der Waals surface area (Å²) < 4.78 is 9.73. The summed E-state index contributed by atoms with van der Waals surface area (Å²) in [6.45, 7) is 4.14. The van der Waals surface area contributed by atoms with E-state index in [9.17, 15) is 9.59 Å². The zero-order chi connectivity index (χ0) is 14.1. The monoisotopic (exact) mass is 263 g/mol. The van der Waals surface area contributed by atoms with Gasteiger partial charge in [-0.15, -0.1) is 0 Å². The minimum Gasteiger partial charge on any atom is -0.462 e. The predicted octanol–water partition coefficient (Wildman–Crippen LogP) is 2.99. The second-order valence-electron chi connectivity index (χ2n) is 3.59. The van der Waals surface area contributed by atoms with Gasteiger partial charge in [-0.05, 0) is 38.1 Å². The molecule has 1 aromatic rings. The summed E-state index contributed by atoms with van der Waals surface area (Å²) in [5.74, 6) is -0.385. The summed E-state index contributed by atoms with van der Waals surface area (Å²) in [5.41, 5.74) is 0.994. The lowest BCUT2D eigenvalue weighted by atomic mass is 10.2. The topological polar surface area (TPSA) is 64.6 Å². The van der Waals surface area contributed by atoms with Crippen LogP contribution in [0.15, 0.2) is 36.4 Å². The number of ether oxygens (including phenoxy) is 2. The third kappa shape index (κ3) is 5.25. The number of esters is 1. The van der Waals surface area contributed by atoms with Crippen molar-refractivity contribution < 1.29 is 19.1 Å². The lowest BCUT2D eigenvalue weighted by molar-refractivity contribution is 0.0526. The molecule has 1 amide bonds. The van der Waals surface area contributed by atoms with E-state index in [1.807, 2.05) is 6.92 Å². The van der Waals surface area contributed by atoms with E-state index in [0.717, 1.165) is 0 Å². The van der Waals surface area contributed by atoms with Crippen LogP contribution in [0.1, 0.15) is 24.2 Å². The minimum atomic E-state index is -0.540.